The van der Waals surface area contributed by atoms with Gasteiger partial charge >= 0.3 is 0 Å². The van der Waals surface area contributed by atoms with Crippen LogP contribution in [0, 0.1) is 0 Å². The second kappa shape index (κ2) is 5.46. The minimum Gasteiger partial charge on any atom is -0.494 e. The molecule has 1 amide bonds. The van der Waals surface area contributed by atoms with E-state index in [1.165, 1.54) is 0 Å². The fourth-order valence-electron chi connectivity index (χ4n) is 1.44. The summed E-state index contributed by atoms with van der Waals surface area (Å²) in [6.45, 7) is 0. The molecule has 98 valence electrons. The van der Waals surface area contributed by atoms with Crippen LogP contribution in [0.4, 0.5) is 5.69 Å². The molecular formula is C12H8BrClN2O3. The van der Waals surface area contributed by atoms with Crippen LogP contribution in [0.15, 0.2) is 39.6 Å². The van der Waals surface area contributed by atoms with Gasteiger partial charge in [-0.3, -0.25) is 14.6 Å². The van der Waals surface area contributed by atoms with E-state index in [1.807, 2.05) is 0 Å². The van der Waals surface area contributed by atoms with Crippen molar-refractivity contribution in [3.8, 4) is 5.88 Å². The lowest BCUT2D eigenvalue weighted by atomic mass is 10.2. The van der Waals surface area contributed by atoms with E-state index in [2.05, 4.69) is 26.2 Å². The predicted molar refractivity (Wildman–Crippen MR) is 75.8 cm³/mol. The van der Waals surface area contributed by atoms with Crippen LogP contribution >= 0.6 is 27.5 Å². The first-order valence-electron chi connectivity index (χ1n) is 5.15. The molecule has 19 heavy (non-hydrogen) atoms. The largest absolute Gasteiger partial charge is 0.494 e. The lowest BCUT2D eigenvalue weighted by Gasteiger charge is -2.06. The highest BCUT2D eigenvalue weighted by atomic mass is 79.9. The predicted octanol–water partition coefficient (Wildman–Crippen LogP) is 2.75. The maximum atomic E-state index is 11.9. The van der Waals surface area contributed by atoms with E-state index in [0.29, 0.717) is 15.2 Å². The van der Waals surface area contributed by atoms with Crippen LogP contribution in [0.5, 0.6) is 5.88 Å². The number of benzene rings is 1. The van der Waals surface area contributed by atoms with Crippen LogP contribution in [-0.2, 0) is 0 Å². The Labute approximate surface area is 121 Å². The van der Waals surface area contributed by atoms with E-state index in [-0.39, 0.29) is 11.4 Å². The topological polar surface area (TPSA) is 82.2 Å². The van der Waals surface area contributed by atoms with Crippen molar-refractivity contribution < 1.29 is 9.90 Å². The molecule has 0 saturated carbocycles. The van der Waals surface area contributed by atoms with Crippen LogP contribution < -0.4 is 10.9 Å². The van der Waals surface area contributed by atoms with Gasteiger partial charge < -0.3 is 10.4 Å². The summed E-state index contributed by atoms with van der Waals surface area (Å²) < 4.78 is 0.709. The van der Waals surface area contributed by atoms with Crippen LogP contribution in [0.2, 0.25) is 5.02 Å². The van der Waals surface area contributed by atoms with Crippen molar-refractivity contribution in [1.82, 2.24) is 4.98 Å². The molecule has 3 N–H and O–H groups in total. The van der Waals surface area contributed by atoms with E-state index >= 15 is 0 Å². The molecule has 1 aromatic carbocycles. The van der Waals surface area contributed by atoms with Crippen molar-refractivity contribution in [1.29, 1.82) is 0 Å². The van der Waals surface area contributed by atoms with Crippen molar-refractivity contribution >= 4 is 39.1 Å². The monoisotopic (exact) mass is 342 g/mol. The van der Waals surface area contributed by atoms with Gasteiger partial charge in [-0.2, -0.15) is 0 Å². The molecule has 0 radical (unpaired) electrons. The number of nitrogens with one attached hydrogen (secondary N) is 2. The SMILES string of the molecule is O=C(Nc1ccc(Br)c(Cl)c1)c1cc(O)[nH]c(=O)c1. The van der Waals surface area contributed by atoms with Gasteiger partial charge in [-0.1, -0.05) is 11.6 Å². The molecule has 0 unspecified atom stereocenters. The summed E-state index contributed by atoms with van der Waals surface area (Å²) in [5, 5.41) is 12.2. The van der Waals surface area contributed by atoms with Gasteiger partial charge in [-0.15, -0.1) is 0 Å². The summed E-state index contributed by atoms with van der Waals surface area (Å²) in [5.74, 6) is -0.883. The van der Waals surface area contributed by atoms with E-state index < -0.39 is 11.5 Å². The third kappa shape index (κ3) is 3.36. The van der Waals surface area contributed by atoms with Crippen molar-refractivity contribution in [2.24, 2.45) is 0 Å². The first-order valence-corrected chi connectivity index (χ1v) is 6.32. The van der Waals surface area contributed by atoms with Crippen molar-refractivity contribution in [2.45, 2.75) is 0 Å². The number of aromatic nitrogens is 1. The van der Waals surface area contributed by atoms with Gasteiger partial charge in [-0.05, 0) is 34.1 Å². The molecule has 2 aromatic rings. The number of aromatic hydroxyl groups is 1. The molecule has 1 aromatic heterocycles. The van der Waals surface area contributed by atoms with Gasteiger partial charge in [0, 0.05) is 22.3 Å². The zero-order valence-electron chi connectivity index (χ0n) is 9.41. The highest BCUT2D eigenvalue weighted by molar-refractivity contribution is 9.10. The summed E-state index contributed by atoms with van der Waals surface area (Å²) >= 11 is 9.14. The maximum Gasteiger partial charge on any atom is 0.256 e. The first kappa shape index (κ1) is 13.6. The highest BCUT2D eigenvalue weighted by Gasteiger charge is 2.09. The quantitative estimate of drug-likeness (QED) is 0.784. The zero-order chi connectivity index (χ0) is 14.0. The van der Waals surface area contributed by atoms with Gasteiger partial charge in [-0.25, -0.2) is 0 Å². The van der Waals surface area contributed by atoms with Gasteiger partial charge in [0.15, 0.2) is 5.88 Å². The number of rotatable bonds is 2. The normalized spacial score (nSPS) is 10.2. The Morgan fingerprint density at radius 1 is 1.32 bits per heavy atom. The van der Waals surface area contributed by atoms with Crippen LogP contribution in [0.25, 0.3) is 0 Å². The third-order valence-electron chi connectivity index (χ3n) is 2.27. The molecule has 0 bridgehead atoms. The number of halogens is 2. The van der Waals surface area contributed by atoms with Gasteiger partial charge in [0.25, 0.3) is 11.5 Å². The fourth-order valence-corrected chi connectivity index (χ4v) is 1.86. The number of hydrogen-bond donors (Lipinski definition) is 3. The standard InChI is InChI=1S/C12H8BrClN2O3/c13-8-2-1-7(5-9(8)14)15-12(19)6-3-10(17)16-11(18)4-6/h1-5H,(H,15,19)(H2,16,17,18). The molecule has 1 heterocycles. The summed E-state index contributed by atoms with van der Waals surface area (Å²) in [4.78, 5) is 25.2. The lowest BCUT2D eigenvalue weighted by molar-refractivity contribution is 0.102. The Balaban J connectivity index is 2.25. The highest BCUT2D eigenvalue weighted by Crippen LogP contribution is 2.25. The second-order valence-corrected chi connectivity index (χ2v) is 4.96. The molecule has 0 aliphatic carbocycles. The first-order chi connectivity index (χ1) is 8.95. The van der Waals surface area contributed by atoms with Gasteiger partial charge in [0.2, 0.25) is 0 Å². The van der Waals surface area contributed by atoms with Gasteiger partial charge in [0.05, 0.1) is 10.6 Å². The Bertz CT molecular complexity index is 700. The van der Waals surface area contributed by atoms with Gasteiger partial charge in [0.1, 0.15) is 0 Å². The molecule has 7 heteroatoms. The number of amides is 1. The Morgan fingerprint density at radius 3 is 2.68 bits per heavy atom. The molecule has 0 spiro atoms. The lowest BCUT2D eigenvalue weighted by Crippen LogP contribution is -2.15. The van der Waals surface area contributed by atoms with Crippen LogP contribution in [0.3, 0.4) is 0 Å². The molecule has 0 aliphatic rings. The summed E-state index contributed by atoms with van der Waals surface area (Å²) in [6.07, 6.45) is 0. The Hall–Kier alpha value is -1.79. The summed E-state index contributed by atoms with van der Waals surface area (Å²) in [5.41, 5.74) is -0.0164. The van der Waals surface area contributed by atoms with Crippen LogP contribution in [0.1, 0.15) is 10.4 Å². The van der Waals surface area contributed by atoms with E-state index in [0.717, 1.165) is 12.1 Å². The molecule has 0 saturated heterocycles. The second-order valence-electron chi connectivity index (χ2n) is 3.70. The summed E-state index contributed by atoms with van der Waals surface area (Å²) in [6, 6.07) is 7.16. The molecule has 0 fully saturated rings. The number of H-pyrrole nitrogens is 1. The Morgan fingerprint density at radius 2 is 2.05 bits per heavy atom. The number of anilines is 1. The minimum absolute atomic E-state index is 0.0558. The molecular weight excluding hydrogens is 336 g/mol. The van der Waals surface area contributed by atoms with Crippen LogP contribution in [-0.4, -0.2) is 16.0 Å². The number of pyridine rings is 1. The molecule has 0 atom stereocenters. The Kier molecular flexibility index (Phi) is 3.92. The summed E-state index contributed by atoms with van der Waals surface area (Å²) in [7, 11) is 0. The zero-order valence-corrected chi connectivity index (χ0v) is 11.7. The number of hydrogen-bond acceptors (Lipinski definition) is 3. The van der Waals surface area contributed by atoms with Crippen molar-refractivity contribution in [3.63, 3.8) is 0 Å². The van der Waals surface area contributed by atoms with Crippen molar-refractivity contribution in [3.05, 3.63) is 55.7 Å². The van der Waals surface area contributed by atoms with E-state index in [9.17, 15) is 14.7 Å². The number of carbonyl (C=O) groups excluding carboxylic acids is 1. The fraction of sp³-hybridized carbons (Fsp3) is 0. The van der Waals surface area contributed by atoms with E-state index in [4.69, 9.17) is 11.6 Å². The molecule has 0 aliphatic heterocycles. The van der Waals surface area contributed by atoms with Crippen molar-refractivity contribution in [2.75, 3.05) is 5.32 Å². The number of carbonyl (C=O) groups is 1. The minimum atomic E-state index is -0.556. The number of aromatic amines is 1. The van der Waals surface area contributed by atoms with E-state index in [1.54, 1.807) is 18.2 Å². The smallest absolute Gasteiger partial charge is 0.256 e. The average Bonchev–Trinajstić information content (AvgIpc) is 2.32. The average molecular weight is 344 g/mol. The third-order valence-corrected chi connectivity index (χ3v) is 3.50. The molecule has 5 nitrogen and oxygen atoms in total. The maximum absolute atomic E-state index is 11.9. The molecule has 2 rings (SSSR count).